The van der Waals surface area contributed by atoms with Crippen molar-refractivity contribution in [2.45, 2.75) is 33.2 Å². The Balaban J connectivity index is 1.53. The van der Waals surface area contributed by atoms with Crippen molar-refractivity contribution in [1.82, 2.24) is 14.3 Å². The molecule has 34 heavy (non-hydrogen) atoms. The van der Waals surface area contributed by atoms with Gasteiger partial charge in [-0.05, 0) is 49.5 Å². The Morgan fingerprint density at radius 1 is 1.12 bits per heavy atom. The van der Waals surface area contributed by atoms with Crippen LogP contribution in [0.15, 0.2) is 58.4 Å². The van der Waals surface area contributed by atoms with E-state index in [2.05, 4.69) is 11.8 Å². The van der Waals surface area contributed by atoms with Crippen LogP contribution in [0.3, 0.4) is 0 Å². The molecule has 0 N–H and O–H groups in total. The molecule has 174 valence electrons. The summed E-state index contributed by atoms with van der Waals surface area (Å²) in [7, 11) is 0. The number of carbonyl (C=O) groups excluding carboxylic acids is 1. The molecule has 0 spiro atoms. The first kappa shape index (κ1) is 22.8. The fourth-order valence-electron chi connectivity index (χ4n) is 4.32. The lowest BCUT2D eigenvalue weighted by Gasteiger charge is -2.32. The Labute approximate surface area is 208 Å². The highest BCUT2D eigenvalue weighted by atomic mass is 32.2. The molecule has 0 aliphatic carbocycles. The van der Waals surface area contributed by atoms with Gasteiger partial charge < -0.3 is 4.90 Å². The minimum atomic E-state index is -0.178. The molecule has 0 atom stereocenters. The number of rotatable bonds is 4. The smallest absolute Gasteiger partial charge is 0.267 e. The third-order valence-electron chi connectivity index (χ3n) is 6.44. The number of aryl methyl sites for hydroxylation is 1. The van der Waals surface area contributed by atoms with Crippen molar-refractivity contribution in [3.63, 3.8) is 0 Å². The highest BCUT2D eigenvalue weighted by Gasteiger charge is 2.33. The number of hydrogen-bond acceptors (Lipinski definition) is 6. The van der Waals surface area contributed by atoms with Crippen molar-refractivity contribution in [2.75, 3.05) is 18.0 Å². The number of carbonyl (C=O) groups is 1. The number of amides is 1. The molecule has 4 heterocycles. The maximum absolute atomic E-state index is 13.5. The standard InChI is InChI=1S/C26H26N4O2S2/c1-17-6-8-19(9-7-17)16-30-25(32)21(34-26(30)33)15-20-23(28-13-10-18(2)11-14-28)27-22-5-3-4-12-29(22)24(20)31/h3-9,12,15,18H,10-11,13-14,16H2,1-2H3. The summed E-state index contributed by atoms with van der Waals surface area (Å²) in [5, 5.41) is 0. The number of pyridine rings is 1. The van der Waals surface area contributed by atoms with Crippen LogP contribution in [0.5, 0.6) is 0 Å². The molecule has 2 aromatic heterocycles. The van der Waals surface area contributed by atoms with E-state index in [-0.39, 0.29) is 11.5 Å². The van der Waals surface area contributed by atoms with Gasteiger partial charge in [-0.15, -0.1) is 0 Å². The largest absolute Gasteiger partial charge is 0.356 e. The molecule has 0 radical (unpaired) electrons. The maximum atomic E-state index is 13.5. The molecule has 2 saturated heterocycles. The van der Waals surface area contributed by atoms with Crippen LogP contribution in [0.4, 0.5) is 5.82 Å². The SMILES string of the molecule is Cc1ccc(CN2C(=O)C(=Cc3c(N4CCC(C)CC4)nc4ccccn4c3=O)SC2=S)cc1. The summed E-state index contributed by atoms with van der Waals surface area (Å²) in [5.74, 6) is 1.12. The number of thioether (sulfide) groups is 1. The molecule has 2 fully saturated rings. The van der Waals surface area contributed by atoms with Gasteiger partial charge >= 0.3 is 0 Å². The number of nitrogens with zero attached hydrogens (tertiary/aromatic N) is 4. The van der Waals surface area contributed by atoms with E-state index < -0.39 is 0 Å². The third kappa shape index (κ3) is 4.40. The predicted molar refractivity (Wildman–Crippen MR) is 142 cm³/mol. The van der Waals surface area contributed by atoms with Gasteiger partial charge in [0.15, 0.2) is 0 Å². The van der Waals surface area contributed by atoms with Crippen molar-refractivity contribution in [1.29, 1.82) is 0 Å². The number of piperidine rings is 1. The van der Waals surface area contributed by atoms with E-state index >= 15 is 0 Å². The van der Waals surface area contributed by atoms with Crippen molar-refractivity contribution in [2.24, 2.45) is 5.92 Å². The van der Waals surface area contributed by atoms with E-state index in [0.29, 0.717) is 38.7 Å². The van der Waals surface area contributed by atoms with E-state index in [1.807, 2.05) is 49.4 Å². The average Bonchev–Trinajstić information content (AvgIpc) is 3.10. The molecule has 3 aromatic rings. The van der Waals surface area contributed by atoms with Crippen molar-refractivity contribution < 1.29 is 4.79 Å². The van der Waals surface area contributed by atoms with Crippen molar-refractivity contribution >= 4 is 51.7 Å². The predicted octanol–water partition coefficient (Wildman–Crippen LogP) is 4.64. The van der Waals surface area contributed by atoms with Crippen LogP contribution in [0.1, 0.15) is 36.5 Å². The second-order valence-electron chi connectivity index (χ2n) is 9.01. The van der Waals surface area contributed by atoms with Gasteiger partial charge in [0.25, 0.3) is 11.5 Å². The van der Waals surface area contributed by atoms with Gasteiger partial charge in [0.2, 0.25) is 0 Å². The molecule has 2 aliphatic rings. The zero-order valence-electron chi connectivity index (χ0n) is 19.2. The zero-order valence-corrected chi connectivity index (χ0v) is 20.9. The quantitative estimate of drug-likeness (QED) is 0.392. The molecule has 0 unspecified atom stereocenters. The van der Waals surface area contributed by atoms with E-state index in [9.17, 15) is 9.59 Å². The molecular weight excluding hydrogens is 464 g/mol. The summed E-state index contributed by atoms with van der Waals surface area (Å²) in [6, 6.07) is 13.6. The summed E-state index contributed by atoms with van der Waals surface area (Å²) in [5.41, 5.74) is 3.04. The molecule has 0 saturated carbocycles. The minimum Gasteiger partial charge on any atom is -0.356 e. The molecular formula is C26H26N4O2S2. The third-order valence-corrected chi connectivity index (χ3v) is 7.82. The molecule has 2 aliphatic heterocycles. The Hall–Kier alpha value is -2.97. The summed E-state index contributed by atoms with van der Waals surface area (Å²) < 4.78 is 2.04. The fraction of sp³-hybridized carbons (Fsp3) is 0.308. The molecule has 8 heteroatoms. The van der Waals surface area contributed by atoms with Crippen LogP contribution in [-0.2, 0) is 11.3 Å². The van der Waals surface area contributed by atoms with Gasteiger partial charge in [0.05, 0.1) is 17.0 Å². The second-order valence-corrected chi connectivity index (χ2v) is 10.7. The number of aromatic nitrogens is 2. The Bertz CT molecular complexity index is 1360. The first-order chi connectivity index (χ1) is 16.4. The first-order valence-corrected chi connectivity index (χ1v) is 12.7. The highest BCUT2D eigenvalue weighted by Crippen LogP contribution is 2.35. The lowest BCUT2D eigenvalue weighted by Crippen LogP contribution is -2.36. The van der Waals surface area contributed by atoms with Gasteiger partial charge in [0.1, 0.15) is 15.8 Å². The highest BCUT2D eigenvalue weighted by molar-refractivity contribution is 8.26. The Morgan fingerprint density at radius 2 is 1.85 bits per heavy atom. The van der Waals surface area contributed by atoms with Gasteiger partial charge in [-0.1, -0.05) is 66.8 Å². The normalized spacial score (nSPS) is 18.5. The fourth-order valence-corrected chi connectivity index (χ4v) is 5.56. The zero-order chi connectivity index (χ0) is 23.8. The Kier molecular flexibility index (Phi) is 6.27. The number of benzene rings is 1. The molecule has 0 bridgehead atoms. The van der Waals surface area contributed by atoms with Crippen LogP contribution >= 0.6 is 24.0 Å². The Morgan fingerprint density at radius 3 is 2.59 bits per heavy atom. The summed E-state index contributed by atoms with van der Waals surface area (Å²) in [6.07, 6.45) is 5.51. The number of thiocarbonyl (C=S) groups is 1. The van der Waals surface area contributed by atoms with Crippen molar-refractivity contribution in [3.05, 3.63) is 80.6 Å². The van der Waals surface area contributed by atoms with Crippen LogP contribution in [0.25, 0.3) is 11.7 Å². The topological polar surface area (TPSA) is 57.9 Å². The number of anilines is 1. The van der Waals surface area contributed by atoms with Gasteiger partial charge in [-0.2, -0.15) is 0 Å². The molecule has 1 aromatic carbocycles. The lowest BCUT2D eigenvalue weighted by atomic mass is 9.99. The molecule has 6 nitrogen and oxygen atoms in total. The van der Waals surface area contributed by atoms with Crippen molar-refractivity contribution in [3.8, 4) is 0 Å². The average molecular weight is 491 g/mol. The summed E-state index contributed by atoms with van der Waals surface area (Å²) in [6.45, 7) is 6.37. The number of fused-ring (bicyclic) bond motifs is 1. The molecule has 5 rings (SSSR count). The number of hydrogen-bond donors (Lipinski definition) is 0. The van der Waals surface area contributed by atoms with E-state index in [0.717, 1.165) is 37.1 Å². The maximum Gasteiger partial charge on any atom is 0.267 e. The van der Waals surface area contributed by atoms with Gasteiger partial charge in [0, 0.05) is 19.3 Å². The monoisotopic (exact) mass is 490 g/mol. The summed E-state index contributed by atoms with van der Waals surface area (Å²) in [4.78, 5) is 35.9. The second kappa shape index (κ2) is 9.35. The van der Waals surface area contributed by atoms with E-state index in [1.165, 1.54) is 16.2 Å². The van der Waals surface area contributed by atoms with Crippen LogP contribution in [0.2, 0.25) is 0 Å². The van der Waals surface area contributed by atoms with E-state index in [4.69, 9.17) is 17.2 Å². The van der Waals surface area contributed by atoms with Crippen LogP contribution in [0, 0.1) is 12.8 Å². The van der Waals surface area contributed by atoms with Crippen LogP contribution in [-0.4, -0.2) is 37.6 Å². The minimum absolute atomic E-state index is 0.175. The summed E-state index contributed by atoms with van der Waals surface area (Å²) >= 11 is 6.78. The lowest BCUT2D eigenvalue weighted by molar-refractivity contribution is -0.122. The van der Waals surface area contributed by atoms with Crippen LogP contribution < -0.4 is 10.5 Å². The van der Waals surface area contributed by atoms with Gasteiger partial charge in [-0.25, -0.2) is 4.98 Å². The first-order valence-electron chi connectivity index (χ1n) is 11.5. The van der Waals surface area contributed by atoms with Gasteiger partial charge in [-0.3, -0.25) is 18.9 Å². The van der Waals surface area contributed by atoms with E-state index in [1.54, 1.807) is 17.2 Å². The molecule has 1 amide bonds.